The Labute approximate surface area is 112 Å². The predicted octanol–water partition coefficient (Wildman–Crippen LogP) is 3.22. The van der Waals surface area contributed by atoms with E-state index < -0.39 is 0 Å². The minimum absolute atomic E-state index is 0.526. The van der Waals surface area contributed by atoms with Crippen molar-refractivity contribution in [2.24, 2.45) is 0 Å². The summed E-state index contributed by atoms with van der Waals surface area (Å²) in [4.78, 5) is 4.32. The van der Waals surface area contributed by atoms with Crippen LogP contribution in [0.4, 0.5) is 0 Å². The highest BCUT2D eigenvalue weighted by Gasteiger charge is 2.41. The molecule has 0 aliphatic heterocycles. The van der Waals surface area contributed by atoms with Crippen LogP contribution >= 0.6 is 11.8 Å². The number of fused-ring (bicyclic) bond motifs is 1. The summed E-state index contributed by atoms with van der Waals surface area (Å²) >= 11 is 2.00. The second kappa shape index (κ2) is 4.90. The minimum Gasteiger partial charge on any atom is -0.311 e. The quantitative estimate of drug-likeness (QED) is 0.891. The topological polar surface area (TPSA) is 24.9 Å². The van der Waals surface area contributed by atoms with Crippen LogP contribution < -0.4 is 5.32 Å². The van der Waals surface area contributed by atoms with Gasteiger partial charge in [0.25, 0.3) is 0 Å². The van der Waals surface area contributed by atoms with E-state index in [-0.39, 0.29) is 0 Å². The molecule has 0 atom stereocenters. The van der Waals surface area contributed by atoms with Crippen LogP contribution in [0.3, 0.4) is 0 Å². The summed E-state index contributed by atoms with van der Waals surface area (Å²) in [7, 11) is 0. The maximum absolute atomic E-state index is 4.32. The number of benzene rings is 1. The number of rotatable bonds is 5. The molecule has 1 aliphatic carbocycles. The number of nitrogens with one attached hydrogen (secondary N) is 1. The van der Waals surface area contributed by atoms with Gasteiger partial charge >= 0.3 is 0 Å². The molecular formula is C15H18N2S. The lowest BCUT2D eigenvalue weighted by Crippen LogP contribution is -2.25. The molecule has 0 radical (unpaired) electrons. The van der Waals surface area contributed by atoms with Gasteiger partial charge in [0, 0.05) is 35.6 Å². The van der Waals surface area contributed by atoms with Crippen molar-refractivity contribution >= 4 is 22.5 Å². The van der Waals surface area contributed by atoms with Gasteiger partial charge < -0.3 is 5.32 Å². The molecule has 2 aromatic rings. The van der Waals surface area contributed by atoms with E-state index in [0.717, 1.165) is 13.1 Å². The van der Waals surface area contributed by atoms with Crippen LogP contribution in [0.2, 0.25) is 0 Å². The molecule has 94 valence electrons. The van der Waals surface area contributed by atoms with Crippen molar-refractivity contribution in [2.75, 3.05) is 12.8 Å². The zero-order valence-electron chi connectivity index (χ0n) is 10.6. The molecule has 2 nitrogen and oxygen atoms in total. The Morgan fingerprint density at radius 2 is 2.11 bits per heavy atom. The third-order valence-electron chi connectivity index (χ3n) is 3.75. The first-order valence-corrected chi connectivity index (χ1v) is 7.63. The zero-order chi connectivity index (χ0) is 12.4. The second-order valence-corrected chi connectivity index (χ2v) is 6.28. The summed E-state index contributed by atoms with van der Waals surface area (Å²) in [5.41, 5.74) is 1.30. The highest BCUT2D eigenvalue weighted by Crippen LogP contribution is 2.46. The van der Waals surface area contributed by atoms with Crippen LogP contribution in [0.15, 0.2) is 36.7 Å². The van der Waals surface area contributed by atoms with E-state index in [9.17, 15) is 0 Å². The molecule has 0 spiro atoms. The lowest BCUT2D eigenvalue weighted by molar-refractivity contribution is 0.664. The first-order chi connectivity index (χ1) is 8.83. The highest BCUT2D eigenvalue weighted by molar-refractivity contribution is 8.00. The van der Waals surface area contributed by atoms with Crippen LogP contribution in [-0.2, 0) is 6.54 Å². The van der Waals surface area contributed by atoms with Gasteiger partial charge in [-0.3, -0.25) is 4.98 Å². The number of pyridine rings is 1. The molecule has 1 N–H and O–H groups in total. The standard InChI is InChI=1S/C15H18N2S/c1-18-15(6-7-15)11-17-10-13-9-16-8-12-4-2-3-5-14(12)13/h2-5,8-9,17H,6-7,10-11H2,1H3. The molecule has 3 heteroatoms. The van der Waals surface area contributed by atoms with Gasteiger partial charge in [0.15, 0.2) is 0 Å². The smallest absolute Gasteiger partial charge is 0.0346 e. The van der Waals surface area contributed by atoms with Crippen LogP contribution in [0, 0.1) is 0 Å². The molecular weight excluding hydrogens is 240 g/mol. The molecule has 1 fully saturated rings. The first-order valence-electron chi connectivity index (χ1n) is 6.40. The third-order valence-corrected chi connectivity index (χ3v) is 5.17. The Balaban J connectivity index is 1.71. The van der Waals surface area contributed by atoms with E-state index in [2.05, 4.69) is 40.8 Å². The number of nitrogens with zero attached hydrogens (tertiary/aromatic N) is 1. The summed E-state index contributed by atoms with van der Waals surface area (Å²) in [5.74, 6) is 0. The minimum atomic E-state index is 0.526. The van der Waals surface area contributed by atoms with Gasteiger partial charge in [-0.25, -0.2) is 0 Å². The van der Waals surface area contributed by atoms with Gasteiger partial charge in [0.05, 0.1) is 0 Å². The van der Waals surface area contributed by atoms with Crippen LogP contribution in [-0.4, -0.2) is 22.5 Å². The van der Waals surface area contributed by atoms with Crippen LogP contribution in [0.1, 0.15) is 18.4 Å². The molecule has 18 heavy (non-hydrogen) atoms. The SMILES string of the molecule is CSC1(CNCc2cncc3ccccc23)CC1. The molecule has 1 heterocycles. The Morgan fingerprint density at radius 1 is 1.28 bits per heavy atom. The summed E-state index contributed by atoms with van der Waals surface area (Å²) in [5, 5.41) is 6.13. The fourth-order valence-electron chi connectivity index (χ4n) is 2.34. The van der Waals surface area contributed by atoms with Crippen LogP contribution in [0.5, 0.6) is 0 Å². The van der Waals surface area contributed by atoms with Gasteiger partial charge in [0.2, 0.25) is 0 Å². The molecule has 0 amide bonds. The Bertz CT molecular complexity index is 544. The lowest BCUT2D eigenvalue weighted by atomic mass is 10.1. The average molecular weight is 258 g/mol. The van der Waals surface area contributed by atoms with E-state index in [0.29, 0.717) is 4.75 Å². The van der Waals surface area contributed by atoms with Crippen molar-refractivity contribution in [3.8, 4) is 0 Å². The molecule has 0 saturated heterocycles. The van der Waals surface area contributed by atoms with Crippen LogP contribution in [0.25, 0.3) is 10.8 Å². The zero-order valence-corrected chi connectivity index (χ0v) is 11.5. The van der Waals surface area contributed by atoms with Crippen molar-refractivity contribution in [3.63, 3.8) is 0 Å². The van der Waals surface area contributed by atoms with Gasteiger partial charge in [-0.2, -0.15) is 11.8 Å². The summed E-state index contributed by atoms with van der Waals surface area (Å²) in [6, 6.07) is 8.45. The number of thioether (sulfide) groups is 1. The Kier molecular flexibility index (Phi) is 3.27. The predicted molar refractivity (Wildman–Crippen MR) is 78.9 cm³/mol. The number of hydrogen-bond acceptors (Lipinski definition) is 3. The van der Waals surface area contributed by atoms with E-state index in [4.69, 9.17) is 0 Å². The Hall–Kier alpha value is -1.06. The number of aromatic nitrogens is 1. The lowest BCUT2D eigenvalue weighted by Gasteiger charge is -2.13. The monoisotopic (exact) mass is 258 g/mol. The maximum atomic E-state index is 4.32. The molecule has 0 unspecified atom stereocenters. The summed E-state index contributed by atoms with van der Waals surface area (Å²) in [6.07, 6.45) is 8.84. The number of hydrogen-bond donors (Lipinski definition) is 1. The van der Waals surface area contributed by atoms with Crippen molar-refractivity contribution in [1.29, 1.82) is 0 Å². The van der Waals surface area contributed by atoms with Crippen molar-refractivity contribution in [1.82, 2.24) is 10.3 Å². The van der Waals surface area contributed by atoms with Gasteiger partial charge in [-0.05, 0) is 30.0 Å². The fraction of sp³-hybridized carbons (Fsp3) is 0.400. The van der Waals surface area contributed by atoms with Gasteiger partial charge in [-0.15, -0.1) is 0 Å². The maximum Gasteiger partial charge on any atom is 0.0346 e. The average Bonchev–Trinajstić information content (AvgIpc) is 3.20. The second-order valence-electron chi connectivity index (χ2n) is 5.01. The van der Waals surface area contributed by atoms with Crippen molar-refractivity contribution in [3.05, 3.63) is 42.2 Å². The van der Waals surface area contributed by atoms with Gasteiger partial charge in [-0.1, -0.05) is 24.3 Å². The summed E-state index contributed by atoms with van der Waals surface area (Å²) in [6.45, 7) is 2.02. The molecule has 1 aromatic carbocycles. The fourth-order valence-corrected chi connectivity index (χ4v) is 3.09. The molecule has 0 bridgehead atoms. The summed E-state index contributed by atoms with van der Waals surface area (Å²) < 4.78 is 0.526. The normalized spacial score (nSPS) is 16.9. The molecule has 1 aliphatic rings. The Morgan fingerprint density at radius 3 is 2.89 bits per heavy atom. The molecule has 1 aromatic heterocycles. The third kappa shape index (κ3) is 2.38. The van der Waals surface area contributed by atoms with Crippen molar-refractivity contribution in [2.45, 2.75) is 24.1 Å². The molecule has 3 rings (SSSR count). The van der Waals surface area contributed by atoms with E-state index in [1.54, 1.807) is 0 Å². The largest absolute Gasteiger partial charge is 0.311 e. The van der Waals surface area contributed by atoms with E-state index in [1.165, 1.54) is 29.2 Å². The highest BCUT2D eigenvalue weighted by atomic mass is 32.2. The van der Waals surface area contributed by atoms with E-state index in [1.807, 2.05) is 24.2 Å². The van der Waals surface area contributed by atoms with Crippen molar-refractivity contribution < 1.29 is 0 Å². The van der Waals surface area contributed by atoms with Gasteiger partial charge in [0.1, 0.15) is 0 Å². The molecule has 1 saturated carbocycles. The first kappa shape index (κ1) is 12.0. The van der Waals surface area contributed by atoms with E-state index >= 15 is 0 Å².